The molecule has 0 radical (unpaired) electrons. The molecule has 48 heavy (non-hydrogen) atoms. The minimum Gasteiger partial charge on any atom is -0.465 e. The van der Waals surface area contributed by atoms with Crippen LogP contribution in [0.3, 0.4) is 0 Å². The number of aliphatic hydroxyl groups excluding tert-OH is 3. The number of H-pyrrole nitrogens is 1. The van der Waals surface area contributed by atoms with Crippen molar-refractivity contribution < 1.29 is 29.6 Å². The number of ketones is 1. The van der Waals surface area contributed by atoms with Crippen molar-refractivity contribution in [1.82, 2.24) is 9.55 Å². The molecule has 0 saturated carbocycles. The number of benzene rings is 2. The molecule has 2 bridgehead atoms. The van der Waals surface area contributed by atoms with Crippen molar-refractivity contribution in [1.29, 1.82) is 0 Å². The summed E-state index contributed by atoms with van der Waals surface area (Å²) in [6, 6.07) is 11.1. The van der Waals surface area contributed by atoms with Crippen molar-refractivity contribution in [3.63, 3.8) is 0 Å². The number of nitrogens with one attached hydrogen (secondary N) is 1. The summed E-state index contributed by atoms with van der Waals surface area (Å²) in [5, 5.41) is 32.6. The molecule has 5 atom stereocenters. The lowest BCUT2D eigenvalue weighted by Gasteiger charge is -2.26. The zero-order valence-electron chi connectivity index (χ0n) is 27.0. The zero-order chi connectivity index (χ0) is 33.8. The predicted octanol–water partition coefficient (Wildman–Crippen LogP) is 4.27. The Morgan fingerprint density at radius 3 is 2.75 bits per heavy atom. The van der Waals surface area contributed by atoms with Gasteiger partial charge in [0.05, 0.1) is 29.8 Å². The highest BCUT2D eigenvalue weighted by Gasteiger charge is 2.28. The van der Waals surface area contributed by atoms with Gasteiger partial charge < -0.3 is 45.8 Å². The van der Waals surface area contributed by atoms with E-state index in [4.69, 9.17) is 20.9 Å². The molecule has 0 fully saturated rings. The zero-order valence-corrected chi connectivity index (χ0v) is 27.0. The normalized spacial score (nSPS) is 19.6. The summed E-state index contributed by atoms with van der Waals surface area (Å²) in [7, 11) is 0. The number of carbonyl (C=O) groups is 1. The summed E-state index contributed by atoms with van der Waals surface area (Å²) in [4.78, 5) is 16.1. The monoisotopic (exact) mass is 650 g/mol. The van der Waals surface area contributed by atoms with Gasteiger partial charge in [0.1, 0.15) is 18.0 Å². The molecule has 10 heteroatoms. The van der Waals surface area contributed by atoms with E-state index in [1.807, 2.05) is 60.4 Å². The van der Waals surface area contributed by atoms with Crippen LogP contribution in [0.25, 0.3) is 10.9 Å². The summed E-state index contributed by atoms with van der Waals surface area (Å²) in [5.74, 6) is 9.77. The molecule has 4 aromatic rings. The molecule has 0 aliphatic carbocycles. The van der Waals surface area contributed by atoms with Gasteiger partial charge in [-0.2, -0.15) is 0 Å². The van der Waals surface area contributed by atoms with Crippen LogP contribution in [0.15, 0.2) is 55.0 Å². The van der Waals surface area contributed by atoms with Crippen LogP contribution in [-0.2, 0) is 17.6 Å². The average molecular weight is 651 g/mol. The van der Waals surface area contributed by atoms with E-state index < -0.39 is 36.6 Å². The third kappa shape index (κ3) is 7.60. The Morgan fingerprint density at radius 1 is 1.08 bits per heavy atom. The topological polar surface area (TPSA) is 169 Å². The maximum absolute atomic E-state index is 12.7. The van der Waals surface area contributed by atoms with Crippen LogP contribution in [0.2, 0.25) is 0 Å². The largest absolute Gasteiger partial charge is 0.465 e. The Morgan fingerprint density at radius 2 is 1.94 bits per heavy atom. The Bertz CT molecular complexity index is 1900. The number of Topliss-reactive ketones (excluding diaryl/α,β-unsaturated/α-hetero) is 1. The molecule has 8 N–H and O–H groups in total. The third-order valence-electron chi connectivity index (χ3n) is 9.00. The highest BCUT2D eigenvalue weighted by atomic mass is 16.5. The maximum atomic E-state index is 12.7. The highest BCUT2D eigenvalue weighted by Crippen LogP contribution is 2.37. The summed E-state index contributed by atoms with van der Waals surface area (Å²) in [5.41, 5.74) is 17.1. The molecule has 10 nitrogen and oxygen atoms in total. The second-order valence-corrected chi connectivity index (χ2v) is 12.8. The van der Waals surface area contributed by atoms with Crippen molar-refractivity contribution in [3.05, 3.63) is 82.8 Å². The molecule has 2 aliphatic heterocycles. The molecule has 2 aliphatic rings. The summed E-state index contributed by atoms with van der Waals surface area (Å²) in [6.07, 6.45) is 8.11. The fraction of sp³-hybridized carbons (Fsp3) is 0.395. The SMILES string of the molecule is CCC[C@H](O)C[C@@H](O)CC(=O)CCc1ccc2c(c1)O[C@H]1[C@H](C#C[C@@H](O)c3ccc(C(N)N)cc3Cc3c[nH]c4cn1cc34)CC#CO2. The minimum absolute atomic E-state index is 0.00412. The second kappa shape index (κ2) is 14.7. The van der Waals surface area contributed by atoms with Gasteiger partial charge in [0, 0.05) is 49.7 Å². The lowest BCUT2D eigenvalue weighted by atomic mass is 9.93. The first-order valence-corrected chi connectivity index (χ1v) is 16.5. The first kappa shape index (κ1) is 33.4. The highest BCUT2D eigenvalue weighted by molar-refractivity contribution is 5.83. The molecule has 0 saturated heterocycles. The van der Waals surface area contributed by atoms with E-state index in [0.717, 1.165) is 39.6 Å². The van der Waals surface area contributed by atoms with Crippen LogP contribution in [0.4, 0.5) is 0 Å². The number of nitrogens with zero attached hydrogens (tertiary/aromatic N) is 1. The fourth-order valence-electron chi connectivity index (χ4n) is 6.43. The Kier molecular flexibility index (Phi) is 10.2. The van der Waals surface area contributed by atoms with Gasteiger partial charge in [-0.3, -0.25) is 4.79 Å². The second-order valence-electron chi connectivity index (χ2n) is 12.8. The van der Waals surface area contributed by atoms with Crippen molar-refractivity contribution in [3.8, 4) is 35.4 Å². The van der Waals surface area contributed by atoms with E-state index in [-0.39, 0.29) is 25.0 Å². The number of ether oxygens (including phenoxy) is 2. The van der Waals surface area contributed by atoms with E-state index in [0.29, 0.717) is 42.7 Å². The van der Waals surface area contributed by atoms with Gasteiger partial charge in [-0.25, -0.2) is 0 Å². The summed E-state index contributed by atoms with van der Waals surface area (Å²) in [6.45, 7) is 1.97. The first-order valence-electron chi connectivity index (χ1n) is 16.5. The van der Waals surface area contributed by atoms with Gasteiger partial charge in [0.25, 0.3) is 0 Å². The average Bonchev–Trinajstić information content (AvgIpc) is 3.65. The number of aliphatic hydroxyl groups is 3. The van der Waals surface area contributed by atoms with Gasteiger partial charge in [0.2, 0.25) is 0 Å². The van der Waals surface area contributed by atoms with Crippen LogP contribution < -0.4 is 20.9 Å². The quantitative estimate of drug-likeness (QED) is 0.109. The fourth-order valence-corrected chi connectivity index (χ4v) is 6.43. The summed E-state index contributed by atoms with van der Waals surface area (Å²) < 4.78 is 14.5. The molecule has 250 valence electrons. The van der Waals surface area contributed by atoms with Gasteiger partial charge in [-0.05, 0) is 59.2 Å². The smallest absolute Gasteiger partial charge is 0.190 e. The van der Waals surface area contributed by atoms with Crippen LogP contribution in [0, 0.1) is 29.8 Å². The van der Waals surface area contributed by atoms with E-state index in [1.165, 1.54) is 0 Å². The van der Waals surface area contributed by atoms with Gasteiger partial charge in [-0.1, -0.05) is 55.4 Å². The van der Waals surface area contributed by atoms with E-state index in [9.17, 15) is 20.1 Å². The van der Waals surface area contributed by atoms with Crippen LogP contribution in [-0.4, -0.2) is 42.9 Å². The number of hydrogen-bond acceptors (Lipinski definition) is 8. The van der Waals surface area contributed by atoms with Crippen LogP contribution in [0.1, 0.15) is 91.8 Å². The van der Waals surface area contributed by atoms with Crippen molar-refractivity contribution in [2.24, 2.45) is 17.4 Å². The van der Waals surface area contributed by atoms with Crippen molar-refractivity contribution in [2.45, 2.75) is 89.0 Å². The van der Waals surface area contributed by atoms with Gasteiger partial charge >= 0.3 is 0 Å². The lowest BCUT2D eigenvalue weighted by Crippen LogP contribution is -2.23. The number of aromatic amines is 1. The maximum Gasteiger partial charge on any atom is 0.190 e. The molecule has 2 aromatic heterocycles. The molecule has 0 amide bonds. The summed E-state index contributed by atoms with van der Waals surface area (Å²) >= 11 is 0. The van der Waals surface area contributed by atoms with Crippen molar-refractivity contribution >= 4 is 16.7 Å². The molecular formula is C38H42N4O6. The molecule has 6 rings (SSSR count). The number of carbonyl (C=O) groups excluding carboxylic acids is 1. The molecule has 4 heterocycles. The van der Waals surface area contributed by atoms with E-state index >= 15 is 0 Å². The number of aryl methyl sites for hydroxylation is 1. The standard InChI is InChI=1S/C38H42N4O6/c1-2-4-28(43)18-30(45)19-29(44)10-6-23-7-13-35-36(15-23)48-38-24(5-3-14-47-35)9-12-34(46)31-11-8-25(37(39)40)16-26(31)17-27-20-41-33-22-42(38)21-32(27)33/h7-8,11,13,15-16,20-22,24,28,30,34,37-38,41,43,45-46H,2,4-6,10,17-19,39-40H2,1H3/t24-,28-,30+,34+,38-/m0/s1. The number of fused-ring (bicyclic) bond motifs is 5. The molecule has 0 spiro atoms. The lowest BCUT2D eigenvalue weighted by molar-refractivity contribution is -0.121. The number of aromatic nitrogens is 2. The van der Waals surface area contributed by atoms with Crippen molar-refractivity contribution in [2.75, 3.05) is 0 Å². The Labute approximate surface area is 280 Å². The van der Waals surface area contributed by atoms with E-state index in [2.05, 4.69) is 28.9 Å². The third-order valence-corrected chi connectivity index (χ3v) is 9.00. The van der Waals surface area contributed by atoms with Gasteiger partial charge in [-0.15, -0.1) is 0 Å². The number of rotatable bonds is 10. The van der Waals surface area contributed by atoms with E-state index in [1.54, 1.807) is 6.07 Å². The Hall–Kier alpha value is -4.55. The number of nitrogens with two attached hydrogens (primary N) is 2. The minimum atomic E-state index is -1.06. The molecule has 0 unspecified atom stereocenters. The Balaban J connectivity index is 1.29. The number of hydrogen-bond donors (Lipinski definition) is 6. The molecular weight excluding hydrogens is 608 g/mol. The van der Waals surface area contributed by atoms with Crippen LogP contribution >= 0.6 is 0 Å². The molecule has 2 aromatic carbocycles. The predicted molar refractivity (Wildman–Crippen MR) is 181 cm³/mol. The van der Waals surface area contributed by atoms with Gasteiger partial charge in [0.15, 0.2) is 17.7 Å². The first-order chi connectivity index (χ1) is 23.2. The van der Waals surface area contributed by atoms with Crippen LogP contribution in [0.5, 0.6) is 11.5 Å².